The fourth-order valence-corrected chi connectivity index (χ4v) is 4.81. The smallest absolute Gasteiger partial charge is 0.132 e. The molecule has 2 aliphatic rings. The number of pyridine rings is 2. The van der Waals surface area contributed by atoms with Crippen LogP contribution in [0.1, 0.15) is 55.2 Å². The Morgan fingerprint density at radius 2 is 1.91 bits per heavy atom. The number of imidazole rings is 1. The molecule has 0 amide bonds. The fourth-order valence-electron chi connectivity index (χ4n) is 4.81. The van der Waals surface area contributed by atoms with E-state index in [4.69, 9.17) is 4.98 Å². The van der Waals surface area contributed by atoms with Crippen molar-refractivity contribution in [3.63, 3.8) is 0 Å². The molecular weight excluding hydrogens is 412 g/mol. The van der Waals surface area contributed by atoms with Gasteiger partial charge in [0, 0.05) is 11.8 Å². The van der Waals surface area contributed by atoms with Crippen molar-refractivity contribution >= 4 is 22.7 Å². The highest BCUT2D eigenvalue weighted by molar-refractivity contribution is 5.82. The van der Waals surface area contributed by atoms with E-state index >= 15 is 0 Å². The van der Waals surface area contributed by atoms with Gasteiger partial charge < -0.3 is 15.0 Å². The number of hydrogen-bond donors (Lipinski definition) is 2. The summed E-state index contributed by atoms with van der Waals surface area (Å²) >= 11 is 0. The number of fused-ring (bicyclic) bond motifs is 1. The molecule has 7 heteroatoms. The number of aliphatic hydroxyl groups excluding tert-OH is 1. The van der Waals surface area contributed by atoms with Crippen molar-refractivity contribution in [3.05, 3.63) is 66.1 Å². The lowest BCUT2D eigenvalue weighted by atomic mass is 10.1. The van der Waals surface area contributed by atoms with Crippen LogP contribution in [0.15, 0.2) is 55.0 Å². The molecule has 7 nitrogen and oxygen atoms in total. The zero-order valence-corrected chi connectivity index (χ0v) is 18.1. The molecule has 164 valence electrons. The zero-order chi connectivity index (χ0) is 22.4. The molecule has 33 heavy (non-hydrogen) atoms. The number of rotatable bonds is 5. The maximum Gasteiger partial charge on any atom is 0.132 e. The molecule has 0 radical (unpaired) electrons. The summed E-state index contributed by atoms with van der Waals surface area (Å²) in [5.74, 6) is 1.88. The second kappa shape index (κ2) is 7.98. The van der Waals surface area contributed by atoms with E-state index in [2.05, 4.69) is 50.2 Å². The van der Waals surface area contributed by atoms with Crippen LogP contribution in [0.3, 0.4) is 0 Å². The van der Waals surface area contributed by atoms with Crippen molar-refractivity contribution in [3.8, 4) is 17.3 Å². The SMILES string of the molecule is N#Cc1ccnc(Nc2cc(C3CC3)cc(-c3ccc4ncn([C@@H]5CCC[C@H]5O)c4c3)n2)c1. The minimum absolute atomic E-state index is 0.0757. The normalized spacial score (nSPS) is 20.1. The Morgan fingerprint density at radius 1 is 1.00 bits per heavy atom. The Balaban J connectivity index is 1.40. The topological polar surface area (TPSA) is 99.7 Å². The third kappa shape index (κ3) is 3.83. The lowest BCUT2D eigenvalue weighted by Crippen LogP contribution is -2.17. The lowest BCUT2D eigenvalue weighted by Gasteiger charge is -2.17. The number of anilines is 2. The van der Waals surface area contributed by atoms with Crippen molar-refractivity contribution in [2.24, 2.45) is 0 Å². The van der Waals surface area contributed by atoms with Crippen LogP contribution in [0.5, 0.6) is 0 Å². The number of nitrogens with one attached hydrogen (secondary N) is 1. The molecule has 0 bridgehead atoms. The van der Waals surface area contributed by atoms with Crippen LogP contribution in [0.2, 0.25) is 0 Å². The minimum atomic E-state index is -0.324. The van der Waals surface area contributed by atoms with Crippen LogP contribution in [0.25, 0.3) is 22.3 Å². The van der Waals surface area contributed by atoms with Gasteiger partial charge in [-0.1, -0.05) is 6.07 Å². The molecule has 0 saturated heterocycles. The highest BCUT2D eigenvalue weighted by Gasteiger charge is 2.28. The van der Waals surface area contributed by atoms with Gasteiger partial charge in [0.05, 0.1) is 46.8 Å². The van der Waals surface area contributed by atoms with Crippen molar-refractivity contribution < 1.29 is 5.11 Å². The fraction of sp³-hybridized carbons (Fsp3) is 0.308. The molecule has 2 N–H and O–H groups in total. The summed E-state index contributed by atoms with van der Waals surface area (Å²) in [5, 5.41) is 22.9. The van der Waals surface area contributed by atoms with Crippen LogP contribution in [0.4, 0.5) is 11.6 Å². The first-order valence-electron chi connectivity index (χ1n) is 11.5. The van der Waals surface area contributed by atoms with Gasteiger partial charge in [0.1, 0.15) is 11.6 Å². The Morgan fingerprint density at radius 3 is 2.70 bits per heavy atom. The molecule has 2 aliphatic carbocycles. The third-order valence-corrected chi connectivity index (χ3v) is 6.71. The zero-order valence-electron chi connectivity index (χ0n) is 18.1. The summed E-state index contributed by atoms with van der Waals surface area (Å²) in [7, 11) is 0. The van der Waals surface area contributed by atoms with Crippen LogP contribution in [-0.2, 0) is 0 Å². The van der Waals surface area contributed by atoms with E-state index in [1.165, 1.54) is 18.4 Å². The molecule has 3 heterocycles. The average molecular weight is 437 g/mol. The van der Waals surface area contributed by atoms with E-state index in [1.807, 2.05) is 12.4 Å². The predicted octanol–water partition coefficient (Wildman–Crippen LogP) is 5.07. The van der Waals surface area contributed by atoms with Gasteiger partial charge in [0.25, 0.3) is 0 Å². The summed E-state index contributed by atoms with van der Waals surface area (Å²) in [4.78, 5) is 13.8. The number of benzene rings is 1. The average Bonchev–Trinajstić information content (AvgIpc) is 3.49. The third-order valence-electron chi connectivity index (χ3n) is 6.71. The van der Waals surface area contributed by atoms with E-state index in [1.54, 1.807) is 18.3 Å². The van der Waals surface area contributed by atoms with Gasteiger partial charge >= 0.3 is 0 Å². The maximum absolute atomic E-state index is 10.4. The van der Waals surface area contributed by atoms with E-state index in [9.17, 15) is 10.4 Å². The minimum Gasteiger partial charge on any atom is -0.391 e. The standard InChI is InChI=1S/C26H24N6O/c27-14-16-8-9-28-25(10-16)31-26-13-19(17-4-5-17)11-21(30-26)18-6-7-20-23(12-18)32(15-29-20)22-2-1-3-24(22)33/h6-13,15,17,22,24,33H,1-5H2,(H,28,30,31)/t22-,24-/m1/s1. The number of aromatic nitrogens is 4. The van der Waals surface area contributed by atoms with Crippen molar-refractivity contribution in [2.45, 2.75) is 50.2 Å². The van der Waals surface area contributed by atoms with E-state index < -0.39 is 0 Å². The largest absolute Gasteiger partial charge is 0.391 e. The molecular formula is C26H24N6O. The molecule has 0 aliphatic heterocycles. The summed E-state index contributed by atoms with van der Waals surface area (Å²) in [5.41, 5.74) is 5.67. The molecule has 4 aromatic rings. The molecule has 0 spiro atoms. The Bertz CT molecular complexity index is 1380. The van der Waals surface area contributed by atoms with Gasteiger partial charge in [-0.3, -0.25) is 0 Å². The quantitative estimate of drug-likeness (QED) is 0.453. The molecule has 1 aromatic carbocycles. The first-order chi connectivity index (χ1) is 16.2. The molecule has 0 unspecified atom stereocenters. The maximum atomic E-state index is 10.4. The molecule has 2 saturated carbocycles. The van der Waals surface area contributed by atoms with Crippen molar-refractivity contribution in [1.29, 1.82) is 5.26 Å². The molecule has 2 atom stereocenters. The Labute approximate surface area is 191 Å². The van der Waals surface area contributed by atoms with Crippen LogP contribution < -0.4 is 5.32 Å². The van der Waals surface area contributed by atoms with E-state index in [-0.39, 0.29) is 12.1 Å². The van der Waals surface area contributed by atoms with Gasteiger partial charge in [-0.25, -0.2) is 15.0 Å². The van der Waals surface area contributed by atoms with Crippen molar-refractivity contribution in [1.82, 2.24) is 19.5 Å². The number of nitrogens with zero attached hydrogens (tertiary/aromatic N) is 5. The Kier molecular flexibility index (Phi) is 4.81. The highest BCUT2D eigenvalue weighted by atomic mass is 16.3. The first-order valence-corrected chi connectivity index (χ1v) is 11.5. The second-order valence-electron chi connectivity index (χ2n) is 9.03. The molecule has 2 fully saturated rings. The summed E-state index contributed by atoms with van der Waals surface area (Å²) in [6, 6.07) is 16.1. The first kappa shape index (κ1) is 19.9. The van der Waals surface area contributed by atoms with Crippen LogP contribution >= 0.6 is 0 Å². The number of aliphatic hydroxyl groups is 1. The van der Waals surface area contributed by atoms with Gasteiger partial charge in [-0.2, -0.15) is 5.26 Å². The predicted molar refractivity (Wildman–Crippen MR) is 126 cm³/mol. The van der Waals surface area contributed by atoms with Crippen molar-refractivity contribution in [2.75, 3.05) is 5.32 Å². The highest BCUT2D eigenvalue weighted by Crippen LogP contribution is 2.42. The molecule has 3 aromatic heterocycles. The van der Waals surface area contributed by atoms with E-state index in [0.717, 1.165) is 47.4 Å². The number of hydrogen-bond acceptors (Lipinski definition) is 6. The van der Waals surface area contributed by atoms with Crippen LogP contribution in [0, 0.1) is 11.3 Å². The summed E-state index contributed by atoms with van der Waals surface area (Å²) in [6.07, 6.45) is 8.37. The number of nitriles is 1. The lowest BCUT2D eigenvalue weighted by molar-refractivity contribution is 0.138. The Hall–Kier alpha value is -3.76. The van der Waals surface area contributed by atoms with Gasteiger partial charge in [0.15, 0.2) is 0 Å². The van der Waals surface area contributed by atoms with Gasteiger partial charge in [0.2, 0.25) is 0 Å². The summed E-state index contributed by atoms with van der Waals surface area (Å²) in [6.45, 7) is 0. The van der Waals surface area contributed by atoms with E-state index in [0.29, 0.717) is 17.3 Å². The monoisotopic (exact) mass is 436 g/mol. The van der Waals surface area contributed by atoms with Gasteiger partial charge in [-0.15, -0.1) is 0 Å². The van der Waals surface area contributed by atoms with Gasteiger partial charge in [-0.05, 0) is 80.0 Å². The van der Waals surface area contributed by atoms with Crippen LogP contribution in [-0.4, -0.2) is 30.7 Å². The summed E-state index contributed by atoms with van der Waals surface area (Å²) < 4.78 is 2.12. The molecule has 6 rings (SSSR count). The second-order valence-corrected chi connectivity index (χ2v) is 9.03.